The Bertz CT molecular complexity index is 438. The molecule has 0 amide bonds. The van der Waals surface area contributed by atoms with E-state index in [-0.39, 0.29) is 12.1 Å². The van der Waals surface area contributed by atoms with E-state index in [2.05, 4.69) is 4.98 Å². The third kappa shape index (κ3) is 3.15. The van der Waals surface area contributed by atoms with Crippen LogP contribution in [0, 0.1) is 12.8 Å². The van der Waals surface area contributed by atoms with Gasteiger partial charge in [0.15, 0.2) is 5.69 Å². The van der Waals surface area contributed by atoms with Crippen molar-refractivity contribution in [1.29, 1.82) is 0 Å². The van der Waals surface area contributed by atoms with Crippen molar-refractivity contribution in [3.63, 3.8) is 0 Å². The quantitative estimate of drug-likeness (QED) is 0.793. The monoisotopic (exact) mass is 283 g/mol. The van der Waals surface area contributed by atoms with Gasteiger partial charge in [-0.05, 0) is 25.7 Å². The molecule has 5 heteroatoms. The molecule has 0 saturated heterocycles. The number of thiazole rings is 1. The maximum absolute atomic E-state index is 11.6. The van der Waals surface area contributed by atoms with Crippen molar-refractivity contribution in [2.24, 2.45) is 5.92 Å². The van der Waals surface area contributed by atoms with Gasteiger partial charge in [0.05, 0.1) is 7.11 Å². The molecule has 1 atom stereocenters. The van der Waals surface area contributed by atoms with Gasteiger partial charge in [0, 0.05) is 12.0 Å². The van der Waals surface area contributed by atoms with Gasteiger partial charge < -0.3 is 9.47 Å². The van der Waals surface area contributed by atoms with Crippen LogP contribution in [0.4, 0.5) is 0 Å². The van der Waals surface area contributed by atoms with Crippen molar-refractivity contribution in [1.82, 2.24) is 4.98 Å². The van der Waals surface area contributed by atoms with Crippen LogP contribution in [-0.2, 0) is 9.47 Å². The molecular weight excluding hydrogens is 262 g/mol. The summed E-state index contributed by atoms with van der Waals surface area (Å²) in [6, 6.07) is 0. The molecule has 0 radical (unpaired) electrons. The maximum Gasteiger partial charge on any atom is 0.357 e. The van der Waals surface area contributed by atoms with Crippen LogP contribution < -0.4 is 0 Å². The Balaban J connectivity index is 2.20. The molecule has 1 aliphatic carbocycles. The summed E-state index contributed by atoms with van der Waals surface area (Å²) in [5.41, 5.74) is 0.431. The van der Waals surface area contributed by atoms with E-state index in [1.54, 1.807) is 18.4 Å². The third-order valence-corrected chi connectivity index (χ3v) is 4.80. The Morgan fingerprint density at radius 3 is 2.58 bits per heavy atom. The molecule has 19 heavy (non-hydrogen) atoms. The number of rotatable bonds is 4. The average molecular weight is 283 g/mol. The average Bonchev–Trinajstić information content (AvgIpc) is 2.82. The van der Waals surface area contributed by atoms with Crippen LogP contribution >= 0.6 is 11.3 Å². The van der Waals surface area contributed by atoms with Crippen LogP contribution in [0.1, 0.15) is 58.6 Å². The summed E-state index contributed by atoms with van der Waals surface area (Å²) in [5.74, 6) is 0.160. The molecule has 0 bridgehead atoms. The number of aryl methyl sites for hydroxylation is 1. The van der Waals surface area contributed by atoms with Crippen LogP contribution in [0.25, 0.3) is 0 Å². The molecule has 1 aromatic rings. The van der Waals surface area contributed by atoms with Gasteiger partial charge in [-0.15, -0.1) is 11.3 Å². The maximum atomic E-state index is 11.6. The zero-order valence-electron chi connectivity index (χ0n) is 11.8. The molecule has 0 spiro atoms. The number of esters is 1. The van der Waals surface area contributed by atoms with Crippen LogP contribution in [0.15, 0.2) is 0 Å². The number of ether oxygens (including phenoxy) is 2. The Hall–Kier alpha value is -0.940. The molecule has 1 fully saturated rings. The first kappa shape index (κ1) is 14.5. The number of hydrogen-bond donors (Lipinski definition) is 0. The largest absolute Gasteiger partial charge is 0.464 e. The summed E-state index contributed by atoms with van der Waals surface area (Å²) in [6.45, 7) is 1.90. The lowest BCUT2D eigenvalue weighted by Gasteiger charge is -2.27. The SMILES string of the molecule is COC(=O)c1nc(C(OC)C2CCCCC2)sc1C. The molecule has 1 heterocycles. The summed E-state index contributed by atoms with van der Waals surface area (Å²) >= 11 is 1.55. The van der Waals surface area contributed by atoms with E-state index in [0.29, 0.717) is 11.6 Å². The third-order valence-electron chi connectivity index (χ3n) is 3.77. The standard InChI is InChI=1S/C14H21NO3S/c1-9-11(14(16)18-3)15-13(19-9)12(17-2)10-7-5-4-6-8-10/h10,12H,4-8H2,1-3H3. The molecule has 4 nitrogen and oxygen atoms in total. The molecule has 1 unspecified atom stereocenters. The fraction of sp³-hybridized carbons (Fsp3) is 0.714. The van der Waals surface area contributed by atoms with Gasteiger partial charge in [-0.2, -0.15) is 0 Å². The van der Waals surface area contributed by atoms with Crippen LogP contribution in [0.3, 0.4) is 0 Å². The number of hydrogen-bond acceptors (Lipinski definition) is 5. The smallest absolute Gasteiger partial charge is 0.357 e. The lowest BCUT2D eigenvalue weighted by atomic mass is 9.85. The summed E-state index contributed by atoms with van der Waals surface area (Å²) in [4.78, 5) is 17.0. The molecule has 106 valence electrons. The Kier molecular flexibility index (Phi) is 4.93. The number of carbonyl (C=O) groups excluding carboxylic acids is 1. The summed E-state index contributed by atoms with van der Waals surface area (Å²) < 4.78 is 10.4. The first-order valence-corrected chi connectivity index (χ1v) is 7.57. The van der Waals surface area contributed by atoms with E-state index in [4.69, 9.17) is 9.47 Å². The fourth-order valence-corrected chi connectivity index (χ4v) is 3.84. The lowest BCUT2D eigenvalue weighted by Crippen LogP contribution is -2.18. The van der Waals surface area contributed by atoms with E-state index < -0.39 is 0 Å². The van der Waals surface area contributed by atoms with Crippen LogP contribution in [-0.4, -0.2) is 25.2 Å². The number of methoxy groups -OCH3 is 2. The van der Waals surface area contributed by atoms with Gasteiger partial charge in [0.2, 0.25) is 0 Å². The van der Waals surface area contributed by atoms with Gasteiger partial charge in [-0.25, -0.2) is 9.78 Å². The summed E-state index contributed by atoms with van der Waals surface area (Å²) in [6.07, 6.45) is 6.23. The Morgan fingerprint density at radius 2 is 2.00 bits per heavy atom. The normalized spacial score (nSPS) is 18.3. The van der Waals surface area contributed by atoms with E-state index in [1.165, 1.54) is 39.2 Å². The highest BCUT2D eigenvalue weighted by atomic mass is 32.1. The number of carbonyl (C=O) groups is 1. The minimum absolute atomic E-state index is 0.0161. The molecular formula is C14H21NO3S. The number of aromatic nitrogens is 1. The van der Waals surface area contributed by atoms with Gasteiger partial charge in [-0.3, -0.25) is 0 Å². The molecule has 0 aliphatic heterocycles. The first-order valence-electron chi connectivity index (χ1n) is 6.75. The van der Waals surface area contributed by atoms with Gasteiger partial charge in [0.25, 0.3) is 0 Å². The van der Waals surface area contributed by atoms with Crippen molar-refractivity contribution in [3.8, 4) is 0 Å². The van der Waals surface area contributed by atoms with Crippen molar-refractivity contribution in [2.75, 3.05) is 14.2 Å². The van der Waals surface area contributed by atoms with Gasteiger partial charge >= 0.3 is 5.97 Å². The summed E-state index contributed by atoms with van der Waals surface area (Å²) in [7, 11) is 3.11. The fourth-order valence-electron chi connectivity index (χ4n) is 2.76. The molecule has 1 saturated carbocycles. The predicted octanol–water partition coefficient (Wildman–Crippen LogP) is 3.51. The highest BCUT2D eigenvalue weighted by Gasteiger charge is 2.29. The van der Waals surface area contributed by atoms with Gasteiger partial charge in [-0.1, -0.05) is 19.3 Å². The van der Waals surface area contributed by atoms with E-state index in [9.17, 15) is 4.79 Å². The van der Waals surface area contributed by atoms with Crippen LogP contribution in [0.2, 0.25) is 0 Å². The molecule has 0 aromatic carbocycles. The van der Waals surface area contributed by atoms with Crippen molar-refractivity contribution in [2.45, 2.75) is 45.1 Å². The van der Waals surface area contributed by atoms with Gasteiger partial charge in [0.1, 0.15) is 11.1 Å². The molecule has 1 aromatic heterocycles. The second kappa shape index (κ2) is 6.48. The first-order chi connectivity index (χ1) is 9.17. The molecule has 2 rings (SSSR count). The predicted molar refractivity (Wildman–Crippen MR) is 74.5 cm³/mol. The van der Waals surface area contributed by atoms with E-state index in [1.807, 2.05) is 6.92 Å². The second-order valence-electron chi connectivity index (χ2n) is 5.00. The van der Waals surface area contributed by atoms with Crippen LogP contribution in [0.5, 0.6) is 0 Å². The highest BCUT2D eigenvalue weighted by Crippen LogP contribution is 2.38. The minimum atomic E-state index is -0.363. The van der Waals surface area contributed by atoms with E-state index in [0.717, 1.165) is 9.88 Å². The van der Waals surface area contributed by atoms with Crippen molar-refractivity contribution < 1.29 is 14.3 Å². The zero-order valence-corrected chi connectivity index (χ0v) is 12.6. The van der Waals surface area contributed by atoms with Crippen molar-refractivity contribution in [3.05, 3.63) is 15.6 Å². The molecule has 1 aliphatic rings. The topological polar surface area (TPSA) is 48.4 Å². The minimum Gasteiger partial charge on any atom is -0.464 e. The summed E-state index contributed by atoms with van der Waals surface area (Å²) in [5, 5.41) is 0.910. The zero-order chi connectivity index (χ0) is 13.8. The number of nitrogens with zero attached hydrogens (tertiary/aromatic N) is 1. The highest BCUT2D eigenvalue weighted by molar-refractivity contribution is 7.11. The Morgan fingerprint density at radius 1 is 1.32 bits per heavy atom. The molecule has 0 N–H and O–H groups in total. The Labute approximate surface area is 118 Å². The van der Waals surface area contributed by atoms with Crippen molar-refractivity contribution >= 4 is 17.3 Å². The lowest BCUT2D eigenvalue weighted by molar-refractivity contribution is 0.0349. The second-order valence-corrected chi connectivity index (χ2v) is 6.24. The van der Waals surface area contributed by atoms with E-state index >= 15 is 0 Å².